The topological polar surface area (TPSA) is 51.2 Å². The van der Waals surface area contributed by atoms with Crippen LogP contribution in [0.1, 0.15) is 34.5 Å². The van der Waals surface area contributed by atoms with Gasteiger partial charge in [0, 0.05) is 23.1 Å². The molecule has 30 heavy (non-hydrogen) atoms. The van der Waals surface area contributed by atoms with Gasteiger partial charge >= 0.3 is 6.18 Å². The Morgan fingerprint density at radius 2 is 1.90 bits per heavy atom. The summed E-state index contributed by atoms with van der Waals surface area (Å²) in [4.78, 5) is 16.2. The summed E-state index contributed by atoms with van der Waals surface area (Å²) >= 11 is 1.17. The van der Waals surface area contributed by atoms with Gasteiger partial charge in [0.15, 0.2) is 0 Å². The van der Waals surface area contributed by atoms with Gasteiger partial charge in [-0.3, -0.25) is 4.79 Å². The maximum Gasteiger partial charge on any atom is 0.416 e. The molecule has 2 aromatic carbocycles. The maximum absolute atomic E-state index is 14.5. The molecule has 1 heterocycles. The Morgan fingerprint density at radius 3 is 2.53 bits per heavy atom. The Labute approximate surface area is 173 Å². The van der Waals surface area contributed by atoms with Crippen LogP contribution in [-0.4, -0.2) is 16.9 Å². The number of amides is 1. The van der Waals surface area contributed by atoms with E-state index in [0.717, 1.165) is 25.0 Å². The van der Waals surface area contributed by atoms with Gasteiger partial charge in [0.1, 0.15) is 28.9 Å². The van der Waals surface area contributed by atoms with Crippen LogP contribution in [-0.2, 0) is 12.8 Å². The zero-order valence-electron chi connectivity index (χ0n) is 15.5. The van der Waals surface area contributed by atoms with Gasteiger partial charge in [-0.2, -0.15) is 13.2 Å². The first kappa shape index (κ1) is 20.3. The lowest BCUT2D eigenvalue weighted by Gasteiger charge is -2.10. The number of hydrogen-bond acceptors (Lipinski definition) is 4. The lowest BCUT2D eigenvalue weighted by atomic mass is 10.1. The number of ether oxygens (including phenoxy) is 1. The fraction of sp³-hybridized carbons (Fsp3) is 0.238. The van der Waals surface area contributed by atoms with E-state index in [9.17, 15) is 22.4 Å². The zero-order chi connectivity index (χ0) is 21.3. The van der Waals surface area contributed by atoms with Crippen LogP contribution in [0, 0.1) is 5.82 Å². The predicted molar refractivity (Wildman–Crippen MR) is 104 cm³/mol. The fourth-order valence-electron chi connectivity index (χ4n) is 2.70. The Balaban J connectivity index is 1.41. The van der Waals surface area contributed by atoms with Gasteiger partial charge in [0.05, 0.1) is 5.56 Å². The van der Waals surface area contributed by atoms with Gasteiger partial charge in [0.25, 0.3) is 5.91 Å². The first-order valence-electron chi connectivity index (χ1n) is 9.15. The van der Waals surface area contributed by atoms with Crippen molar-refractivity contribution in [3.8, 4) is 16.3 Å². The summed E-state index contributed by atoms with van der Waals surface area (Å²) in [6, 6.07) is 9.02. The smallest absolute Gasteiger partial charge is 0.416 e. The Morgan fingerprint density at radius 1 is 1.17 bits per heavy atom. The lowest BCUT2D eigenvalue weighted by molar-refractivity contribution is -0.137. The van der Waals surface area contributed by atoms with Gasteiger partial charge in [-0.1, -0.05) is 12.1 Å². The average Bonchev–Trinajstić information content (AvgIpc) is 3.38. The van der Waals surface area contributed by atoms with Crippen LogP contribution in [0.25, 0.3) is 10.6 Å². The van der Waals surface area contributed by atoms with E-state index in [4.69, 9.17) is 4.74 Å². The summed E-state index contributed by atoms with van der Waals surface area (Å²) in [5.41, 5.74) is 0.283. The number of alkyl halides is 3. The zero-order valence-corrected chi connectivity index (χ0v) is 16.3. The van der Waals surface area contributed by atoms with E-state index in [1.807, 2.05) is 0 Å². The highest BCUT2D eigenvalue weighted by molar-refractivity contribution is 7.13. The number of thiazole rings is 1. The normalized spacial score (nSPS) is 13.9. The number of carbonyl (C=O) groups excluding carboxylic acids is 1. The molecular weight excluding hydrogens is 420 g/mol. The Kier molecular flexibility index (Phi) is 5.46. The second kappa shape index (κ2) is 8.06. The molecule has 3 aromatic rings. The minimum Gasteiger partial charge on any atom is -0.489 e. The summed E-state index contributed by atoms with van der Waals surface area (Å²) < 4.78 is 57.8. The molecule has 1 amide bonds. The lowest BCUT2D eigenvalue weighted by Crippen LogP contribution is -2.25. The highest BCUT2D eigenvalue weighted by Gasteiger charge is 2.30. The largest absolute Gasteiger partial charge is 0.489 e. The Hall–Kier alpha value is -2.94. The van der Waals surface area contributed by atoms with Crippen molar-refractivity contribution in [1.29, 1.82) is 0 Å². The Bertz CT molecular complexity index is 1060. The minimum absolute atomic E-state index is 0.000335. The van der Waals surface area contributed by atoms with Crippen LogP contribution in [0.2, 0.25) is 0 Å². The van der Waals surface area contributed by atoms with Gasteiger partial charge in [-0.15, -0.1) is 11.3 Å². The minimum atomic E-state index is -4.40. The van der Waals surface area contributed by atoms with E-state index < -0.39 is 17.6 Å². The number of aromatic nitrogens is 1. The number of carbonyl (C=O) groups is 1. The molecule has 0 spiro atoms. The molecule has 1 aliphatic carbocycles. The third kappa shape index (κ3) is 4.79. The van der Waals surface area contributed by atoms with Crippen molar-refractivity contribution in [3.63, 3.8) is 0 Å². The van der Waals surface area contributed by atoms with Crippen molar-refractivity contribution < 1.29 is 27.1 Å². The van der Waals surface area contributed by atoms with Crippen LogP contribution in [0.4, 0.5) is 17.6 Å². The summed E-state index contributed by atoms with van der Waals surface area (Å²) in [6.45, 7) is -0.000335. The second-order valence-corrected chi connectivity index (χ2v) is 7.77. The van der Waals surface area contributed by atoms with Gasteiger partial charge in [-0.25, -0.2) is 9.37 Å². The highest BCUT2D eigenvalue weighted by atomic mass is 32.1. The van der Waals surface area contributed by atoms with Crippen molar-refractivity contribution >= 4 is 17.2 Å². The van der Waals surface area contributed by atoms with E-state index >= 15 is 0 Å². The number of nitrogens with zero attached hydrogens (tertiary/aromatic N) is 1. The predicted octanol–water partition coefficient (Wildman–Crippen LogP) is 5.44. The van der Waals surface area contributed by atoms with Crippen molar-refractivity contribution in [2.24, 2.45) is 0 Å². The number of benzene rings is 2. The molecular formula is C21H16F4N2O2S. The molecule has 0 saturated heterocycles. The van der Waals surface area contributed by atoms with E-state index in [1.165, 1.54) is 35.6 Å². The molecule has 0 atom stereocenters. The molecule has 1 aliphatic rings. The first-order valence-corrected chi connectivity index (χ1v) is 10.0. The van der Waals surface area contributed by atoms with E-state index in [2.05, 4.69) is 10.3 Å². The van der Waals surface area contributed by atoms with E-state index in [1.54, 1.807) is 11.4 Å². The van der Waals surface area contributed by atoms with Crippen molar-refractivity contribution in [2.75, 3.05) is 0 Å². The van der Waals surface area contributed by atoms with Gasteiger partial charge < -0.3 is 10.1 Å². The first-order chi connectivity index (χ1) is 14.3. The fourth-order valence-corrected chi connectivity index (χ4v) is 3.53. The quantitative estimate of drug-likeness (QED) is 0.524. The molecule has 1 N–H and O–H groups in total. The third-order valence-corrected chi connectivity index (χ3v) is 5.38. The molecule has 9 heteroatoms. The number of halogens is 4. The monoisotopic (exact) mass is 436 g/mol. The number of nitrogens with one attached hydrogen (secondary N) is 1. The van der Waals surface area contributed by atoms with Crippen LogP contribution in [0.3, 0.4) is 0 Å². The summed E-state index contributed by atoms with van der Waals surface area (Å²) in [5, 5.41) is 4.79. The summed E-state index contributed by atoms with van der Waals surface area (Å²) in [7, 11) is 0. The van der Waals surface area contributed by atoms with Gasteiger partial charge in [0.2, 0.25) is 0 Å². The standard InChI is InChI=1S/C21H16F4N2O2S/c22-17-9-15(29-10-12-1-3-13(4-2-12)21(23,24)25)7-8-16(17)20-27-18(11-30-20)19(28)26-14-5-6-14/h1-4,7-9,11,14H,5-6,10H2,(H,26,28). The third-order valence-electron chi connectivity index (χ3n) is 4.51. The highest BCUT2D eigenvalue weighted by Crippen LogP contribution is 2.31. The molecule has 156 valence electrons. The van der Waals surface area contributed by atoms with Crippen LogP contribution >= 0.6 is 11.3 Å². The molecule has 0 aliphatic heterocycles. The second-order valence-electron chi connectivity index (χ2n) is 6.91. The average molecular weight is 436 g/mol. The van der Waals surface area contributed by atoms with Gasteiger partial charge in [-0.05, 0) is 42.7 Å². The van der Waals surface area contributed by atoms with Crippen LogP contribution < -0.4 is 10.1 Å². The summed E-state index contributed by atoms with van der Waals surface area (Å²) in [5.74, 6) is -0.597. The van der Waals surface area contributed by atoms with Crippen LogP contribution in [0.15, 0.2) is 47.8 Å². The van der Waals surface area contributed by atoms with E-state index in [-0.39, 0.29) is 35.6 Å². The molecule has 0 bridgehead atoms. The molecule has 1 saturated carbocycles. The molecule has 1 aromatic heterocycles. The molecule has 1 fully saturated rings. The molecule has 0 unspecified atom stereocenters. The molecule has 4 nitrogen and oxygen atoms in total. The summed E-state index contributed by atoms with van der Waals surface area (Å²) in [6.07, 6.45) is -2.47. The number of hydrogen-bond donors (Lipinski definition) is 1. The number of rotatable bonds is 6. The van der Waals surface area contributed by atoms with Crippen molar-refractivity contribution in [3.05, 3.63) is 70.5 Å². The van der Waals surface area contributed by atoms with E-state index in [0.29, 0.717) is 10.6 Å². The van der Waals surface area contributed by atoms with Crippen molar-refractivity contribution in [1.82, 2.24) is 10.3 Å². The maximum atomic E-state index is 14.5. The molecule has 0 radical (unpaired) electrons. The SMILES string of the molecule is O=C(NC1CC1)c1csc(-c2ccc(OCc3ccc(C(F)(F)F)cc3)cc2F)n1. The molecule has 4 rings (SSSR count). The van der Waals surface area contributed by atoms with Crippen LogP contribution in [0.5, 0.6) is 5.75 Å². The van der Waals surface area contributed by atoms with Crippen molar-refractivity contribution in [2.45, 2.75) is 31.7 Å².